The third kappa shape index (κ3) is 6.69. The maximum absolute atomic E-state index is 5.94. The van der Waals surface area contributed by atoms with E-state index in [0.29, 0.717) is 11.3 Å². The summed E-state index contributed by atoms with van der Waals surface area (Å²) in [4.78, 5) is 6.54. The topological polar surface area (TPSA) is 42.2 Å². The fraction of sp³-hybridized carbons (Fsp3) is 0.688. The van der Waals surface area contributed by atoms with Crippen LogP contribution >= 0.6 is 0 Å². The van der Waals surface area contributed by atoms with Gasteiger partial charge in [-0.25, -0.2) is 0 Å². The predicted molar refractivity (Wildman–Crippen MR) is 81.8 cm³/mol. The molecule has 1 aromatic heterocycles. The van der Waals surface area contributed by atoms with E-state index in [4.69, 9.17) is 5.73 Å². The molecule has 19 heavy (non-hydrogen) atoms. The van der Waals surface area contributed by atoms with Crippen LogP contribution in [0.3, 0.4) is 0 Å². The van der Waals surface area contributed by atoms with Crippen molar-refractivity contribution in [2.45, 2.75) is 40.7 Å². The summed E-state index contributed by atoms with van der Waals surface area (Å²) in [5.74, 6) is 0.571. The lowest BCUT2D eigenvalue weighted by Crippen LogP contribution is -2.34. The second kappa shape index (κ2) is 7.61. The normalized spacial score (nSPS) is 13.8. The Labute approximate surface area is 118 Å². The van der Waals surface area contributed by atoms with Gasteiger partial charge in [-0.1, -0.05) is 27.7 Å². The van der Waals surface area contributed by atoms with Crippen LogP contribution in [0.15, 0.2) is 24.5 Å². The van der Waals surface area contributed by atoms with E-state index >= 15 is 0 Å². The lowest BCUT2D eigenvalue weighted by Gasteiger charge is -2.30. The van der Waals surface area contributed by atoms with Crippen LogP contribution in [0.1, 0.15) is 39.7 Å². The van der Waals surface area contributed by atoms with Gasteiger partial charge in [0.2, 0.25) is 0 Å². The van der Waals surface area contributed by atoms with E-state index in [-0.39, 0.29) is 0 Å². The van der Waals surface area contributed by atoms with Crippen molar-refractivity contribution < 1.29 is 0 Å². The van der Waals surface area contributed by atoms with Crippen molar-refractivity contribution in [3.63, 3.8) is 0 Å². The van der Waals surface area contributed by atoms with E-state index in [1.165, 1.54) is 12.0 Å². The number of nitrogens with zero attached hydrogens (tertiary/aromatic N) is 2. The quantitative estimate of drug-likeness (QED) is 0.822. The van der Waals surface area contributed by atoms with Crippen molar-refractivity contribution in [1.82, 2.24) is 9.88 Å². The van der Waals surface area contributed by atoms with Crippen LogP contribution in [-0.2, 0) is 6.54 Å². The standard InChI is InChI=1S/C16H29N3/c1-5-19(12-14-6-8-18-9-7-14)13-15(11-17)10-16(2,3)4/h6-9,15H,5,10-13,17H2,1-4H3. The zero-order valence-corrected chi connectivity index (χ0v) is 12.9. The highest BCUT2D eigenvalue weighted by atomic mass is 15.1. The minimum Gasteiger partial charge on any atom is -0.330 e. The summed E-state index contributed by atoms with van der Waals surface area (Å²) >= 11 is 0. The molecule has 1 unspecified atom stereocenters. The van der Waals surface area contributed by atoms with Crippen LogP contribution in [0.5, 0.6) is 0 Å². The molecule has 1 rings (SSSR count). The Morgan fingerprint density at radius 3 is 2.37 bits per heavy atom. The first-order chi connectivity index (χ1) is 8.94. The third-order valence-corrected chi connectivity index (χ3v) is 3.35. The van der Waals surface area contributed by atoms with Gasteiger partial charge in [0.1, 0.15) is 0 Å². The van der Waals surface area contributed by atoms with Crippen LogP contribution in [0.25, 0.3) is 0 Å². The molecular formula is C16H29N3. The molecule has 0 amide bonds. The molecule has 0 aliphatic rings. The average Bonchev–Trinajstić information content (AvgIpc) is 2.36. The van der Waals surface area contributed by atoms with Gasteiger partial charge in [-0.2, -0.15) is 0 Å². The fourth-order valence-corrected chi connectivity index (χ4v) is 2.51. The smallest absolute Gasteiger partial charge is 0.0271 e. The third-order valence-electron chi connectivity index (χ3n) is 3.35. The van der Waals surface area contributed by atoms with E-state index in [1.54, 1.807) is 0 Å². The van der Waals surface area contributed by atoms with Gasteiger partial charge in [0, 0.05) is 25.5 Å². The molecule has 0 aliphatic carbocycles. The van der Waals surface area contributed by atoms with Crippen LogP contribution in [-0.4, -0.2) is 29.5 Å². The molecule has 0 saturated heterocycles. The van der Waals surface area contributed by atoms with Gasteiger partial charge in [-0.05, 0) is 48.5 Å². The summed E-state index contributed by atoms with van der Waals surface area (Å²) in [5, 5.41) is 0. The number of aromatic nitrogens is 1. The SMILES string of the molecule is CCN(Cc1ccncc1)CC(CN)CC(C)(C)C. The minimum absolute atomic E-state index is 0.347. The van der Waals surface area contributed by atoms with Crippen molar-refractivity contribution in [3.8, 4) is 0 Å². The maximum Gasteiger partial charge on any atom is 0.0271 e. The predicted octanol–water partition coefficient (Wildman–Crippen LogP) is 2.91. The van der Waals surface area contributed by atoms with Crippen molar-refractivity contribution in [1.29, 1.82) is 0 Å². The van der Waals surface area contributed by atoms with E-state index in [0.717, 1.165) is 26.2 Å². The molecule has 0 aliphatic heterocycles. The summed E-state index contributed by atoms with van der Waals surface area (Å²) in [5.41, 5.74) is 7.61. The van der Waals surface area contributed by atoms with Crippen molar-refractivity contribution in [2.75, 3.05) is 19.6 Å². The highest BCUT2D eigenvalue weighted by Crippen LogP contribution is 2.24. The second-order valence-electron chi connectivity index (χ2n) is 6.55. The number of rotatable bonds is 7. The number of hydrogen-bond acceptors (Lipinski definition) is 3. The Kier molecular flexibility index (Phi) is 6.46. The average molecular weight is 263 g/mol. The summed E-state index contributed by atoms with van der Waals surface area (Å²) in [6, 6.07) is 4.17. The molecule has 0 bridgehead atoms. The van der Waals surface area contributed by atoms with Crippen molar-refractivity contribution in [2.24, 2.45) is 17.1 Å². The van der Waals surface area contributed by atoms with E-state index in [9.17, 15) is 0 Å². The molecule has 0 saturated carbocycles. The molecule has 108 valence electrons. The molecule has 1 atom stereocenters. The molecular weight excluding hydrogens is 234 g/mol. The second-order valence-corrected chi connectivity index (χ2v) is 6.55. The lowest BCUT2D eigenvalue weighted by atomic mass is 9.84. The first kappa shape index (κ1) is 16.1. The van der Waals surface area contributed by atoms with Gasteiger partial charge in [0.15, 0.2) is 0 Å². The molecule has 1 heterocycles. The summed E-state index contributed by atoms with van der Waals surface area (Å²) in [6.45, 7) is 13.0. The molecule has 2 N–H and O–H groups in total. The Balaban J connectivity index is 2.55. The highest BCUT2D eigenvalue weighted by Gasteiger charge is 2.19. The molecule has 3 nitrogen and oxygen atoms in total. The largest absolute Gasteiger partial charge is 0.330 e. The van der Waals surface area contributed by atoms with Gasteiger partial charge in [-0.3, -0.25) is 9.88 Å². The van der Waals surface area contributed by atoms with Gasteiger partial charge < -0.3 is 5.73 Å². The minimum atomic E-state index is 0.347. The van der Waals surface area contributed by atoms with Crippen LogP contribution in [0, 0.1) is 11.3 Å². The Hall–Kier alpha value is -0.930. The number of nitrogens with two attached hydrogens (primary N) is 1. The van der Waals surface area contributed by atoms with E-state index < -0.39 is 0 Å². The van der Waals surface area contributed by atoms with Crippen LogP contribution in [0.2, 0.25) is 0 Å². The zero-order chi connectivity index (χ0) is 14.3. The summed E-state index contributed by atoms with van der Waals surface area (Å²) in [6.07, 6.45) is 4.90. The zero-order valence-electron chi connectivity index (χ0n) is 12.9. The first-order valence-corrected chi connectivity index (χ1v) is 7.26. The number of hydrogen-bond donors (Lipinski definition) is 1. The maximum atomic E-state index is 5.94. The van der Waals surface area contributed by atoms with E-state index in [2.05, 4.69) is 49.7 Å². The van der Waals surface area contributed by atoms with Gasteiger partial charge in [0.25, 0.3) is 0 Å². The first-order valence-electron chi connectivity index (χ1n) is 7.26. The molecule has 0 radical (unpaired) electrons. The van der Waals surface area contributed by atoms with Crippen molar-refractivity contribution in [3.05, 3.63) is 30.1 Å². The Morgan fingerprint density at radius 2 is 1.89 bits per heavy atom. The Morgan fingerprint density at radius 1 is 1.26 bits per heavy atom. The molecule has 0 fully saturated rings. The Bertz CT molecular complexity index is 343. The van der Waals surface area contributed by atoms with E-state index in [1.807, 2.05) is 12.4 Å². The molecule has 3 heteroatoms. The molecule has 1 aromatic rings. The fourth-order valence-electron chi connectivity index (χ4n) is 2.51. The monoisotopic (exact) mass is 263 g/mol. The van der Waals surface area contributed by atoms with Gasteiger partial charge >= 0.3 is 0 Å². The highest BCUT2D eigenvalue weighted by molar-refractivity contribution is 5.09. The molecule has 0 aromatic carbocycles. The van der Waals surface area contributed by atoms with Crippen molar-refractivity contribution >= 4 is 0 Å². The summed E-state index contributed by atoms with van der Waals surface area (Å²) < 4.78 is 0. The lowest BCUT2D eigenvalue weighted by molar-refractivity contribution is 0.195. The number of pyridine rings is 1. The molecule has 0 spiro atoms. The van der Waals surface area contributed by atoms with Gasteiger partial charge in [-0.15, -0.1) is 0 Å². The van der Waals surface area contributed by atoms with Gasteiger partial charge in [0.05, 0.1) is 0 Å². The summed E-state index contributed by atoms with van der Waals surface area (Å²) in [7, 11) is 0. The van der Waals surface area contributed by atoms with Crippen LogP contribution < -0.4 is 5.73 Å². The van der Waals surface area contributed by atoms with Crippen LogP contribution in [0.4, 0.5) is 0 Å².